The van der Waals surface area contributed by atoms with Crippen LogP contribution in [0.15, 0.2) is 0 Å². The van der Waals surface area contributed by atoms with Crippen molar-refractivity contribution in [2.24, 2.45) is 5.41 Å². The molecule has 68 valence electrons. The lowest BCUT2D eigenvalue weighted by atomic mass is 10.1. The fourth-order valence-electron chi connectivity index (χ4n) is 1.80. The summed E-state index contributed by atoms with van der Waals surface area (Å²) in [5.41, 5.74) is -0.0530. The second kappa shape index (κ2) is 3.17. The van der Waals surface area contributed by atoms with Crippen LogP contribution in [-0.2, 0) is 9.53 Å². The van der Waals surface area contributed by atoms with Crippen molar-refractivity contribution in [2.45, 2.75) is 44.6 Å². The van der Waals surface area contributed by atoms with Crippen LogP contribution >= 0.6 is 0 Å². The third-order valence-electron chi connectivity index (χ3n) is 3.05. The molecule has 2 aliphatic rings. The van der Waals surface area contributed by atoms with Crippen LogP contribution in [0.2, 0.25) is 0 Å². The van der Waals surface area contributed by atoms with Crippen LogP contribution in [0.5, 0.6) is 0 Å². The Bertz CT molecular complexity index is 167. The van der Waals surface area contributed by atoms with Gasteiger partial charge in [-0.25, -0.2) is 0 Å². The Morgan fingerprint density at radius 3 is 2.50 bits per heavy atom. The summed E-state index contributed by atoms with van der Waals surface area (Å²) in [7, 11) is 0. The molecule has 0 spiro atoms. The van der Waals surface area contributed by atoms with Gasteiger partial charge in [0.15, 0.2) is 0 Å². The van der Waals surface area contributed by atoms with Crippen LogP contribution in [0.1, 0.15) is 38.5 Å². The van der Waals surface area contributed by atoms with E-state index in [1.807, 2.05) is 0 Å². The molecule has 0 bridgehead atoms. The quantitative estimate of drug-likeness (QED) is 0.599. The van der Waals surface area contributed by atoms with Crippen molar-refractivity contribution in [1.29, 1.82) is 0 Å². The first-order chi connectivity index (χ1) is 5.85. The van der Waals surface area contributed by atoms with Gasteiger partial charge in [-0.1, -0.05) is 12.8 Å². The van der Waals surface area contributed by atoms with E-state index in [1.54, 1.807) is 0 Å². The molecule has 0 aromatic rings. The van der Waals surface area contributed by atoms with Gasteiger partial charge >= 0.3 is 0 Å². The first-order valence-electron chi connectivity index (χ1n) is 4.93. The Morgan fingerprint density at radius 1 is 1.33 bits per heavy atom. The Labute approximate surface area is 73.3 Å². The van der Waals surface area contributed by atoms with Gasteiger partial charge in [-0.15, -0.1) is 0 Å². The van der Waals surface area contributed by atoms with Gasteiger partial charge in [0, 0.05) is 5.41 Å². The minimum atomic E-state index is -0.0530. The summed E-state index contributed by atoms with van der Waals surface area (Å²) in [5.74, 6) is 0. The summed E-state index contributed by atoms with van der Waals surface area (Å²) in [5, 5.41) is 0. The third kappa shape index (κ3) is 1.69. The molecule has 0 N–H and O–H groups in total. The summed E-state index contributed by atoms with van der Waals surface area (Å²) in [6.45, 7) is 0.682. The van der Waals surface area contributed by atoms with E-state index in [9.17, 15) is 4.79 Å². The maximum Gasteiger partial charge on any atom is 0.128 e. The third-order valence-corrected chi connectivity index (χ3v) is 3.05. The first kappa shape index (κ1) is 8.24. The maximum absolute atomic E-state index is 10.6. The van der Waals surface area contributed by atoms with Gasteiger partial charge in [0.05, 0.1) is 12.7 Å². The van der Waals surface area contributed by atoms with Crippen molar-refractivity contribution in [3.63, 3.8) is 0 Å². The highest BCUT2D eigenvalue weighted by Crippen LogP contribution is 2.44. The Morgan fingerprint density at radius 2 is 2.00 bits per heavy atom. The van der Waals surface area contributed by atoms with Crippen molar-refractivity contribution in [2.75, 3.05) is 6.61 Å². The van der Waals surface area contributed by atoms with Gasteiger partial charge in [0.25, 0.3) is 0 Å². The standard InChI is InChI=1S/C10H16O2/c11-7-10(5-6-10)8-12-9-3-1-2-4-9/h7,9H,1-6,8H2. The molecule has 0 radical (unpaired) electrons. The predicted octanol–water partition coefficient (Wildman–Crippen LogP) is 1.92. The SMILES string of the molecule is O=CC1(COC2CCCC2)CC1. The van der Waals surface area contributed by atoms with E-state index in [0.717, 1.165) is 19.1 Å². The Hall–Kier alpha value is -0.370. The van der Waals surface area contributed by atoms with E-state index in [1.165, 1.54) is 25.7 Å². The average molecular weight is 168 g/mol. The van der Waals surface area contributed by atoms with Gasteiger partial charge in [-0.05, 0) is 25.7 Å². The summed E-state index contributed by atoms with van der Waals surface area (Å²) >= 11 is 0. The van der Waals surface area contributed by atoms with Crippen molar-refractivity contribution in [1.82, 2.24) is 0 Å². The highest BCUT2D eigenvalue weighted by molar-refractivity contribution is 5.63. The second-order valence-electron chi connectivity index (χ2n) is 4.20. The summed E-state index contributed by atoms with van der Waals surface area (Å²) < 4.78 is 5.69. The second-order valence-corrected chi connectivity index (χ2v) is 4.20. The largest absolute Gasteiger partial charge is 0.377 e. The van der Waals surface area contributed by atoms with Crippen molar-refractivity contribution < 1.29 is 9.53 Å². The zero-order chi connectivity index (χ0) is 8.44. The molecule has 0 atom stereocenters. The van der Waals surface area contributed by atoms with Gasteiger partial charge < -0.3 is 9.53 Å². The molecule has 0 aromatic heterocycles. The number of aldehydes is 1. The zero-order valence-corrected chi connectivity index (χ0v) is 7.42. The topological polar surface area (TPSA) is 26.3 Å². The minimum absolute atomic E-state index is 0.0530. The predicted molar refractivity (Wildman–Crippen MR) is 45.9 cm³/mol. The molecular formula is C10H16O2. The van der Waals surface area contributed by atoms with Crippen molar-refractivity contribution in [3.8, 4) is 0 Å². The minimum Gasteiger partial charge on any atom is -0.377 e. The Kier molecular flexibility index (Phi) is 2.18. The molecule has 0 aromatic carbocycles. The normalized spacial score (nSPS) is 27.3. The molecule has 2 heteroatoms. The molecular weight excluding hydrogens is 152 g/mol. The number of carbonyl (C=O) groups excluding carboxylic acids is 1. The molecule has 2 fully saturated rings. The summed E-state index contributed by atoms with van der Waals surface area (Å²) in [6.07, 6.45) is 8.65. The Balaban J connectivity index is 1.70. The van der Waals surface area contributed by atoms with Crippen LogP contribution in [-0.4, -0.2) is 19.0 Å². The number of carbonyl (C=O) groups is 1. The lowest BCUT2D eigenvalue weighted by Crippen LogP contribution is -2.17. The number of rotatable bonds is 4. The van der Waals surface area contributed by atoms with Gasteiger partial charge in [0.1, 0.15) is 6.29 Å². The first-order valence-corrected chi connectivity index (χ1v) is 4.93. The monoisotopic (exact) mass is 168 g/mol. The highest BCUT2D eigenvalue weighted by Gasteiger charge is 2.43. The molecule has 2 nitrogen and oxygen atoms in total. The fourth-order valence-corrected chi connectivity index (χ4v) is 1.80. The van der Waals surface area contributed by atoms with E-state index < -0.39 is 0 Å². The summed E-state index contributed by atoms with van der Waals surface area (Å²) in [6, 6.07) is 0. The van der Waals surface area contributed by atoms with Gasteiger partial charge in [-0.2, -0.15) is 0 Å². The fraction of sp³-hybridized carbons (Fsp3) is 0.900. The molecule has 0 saturated heterocycles. The van der Waals surface area contributed by atoms with E-state index in [-0.39, 0.29) is 5.41 Å². The molecule has 0 heterocycles. The van der Waals surface area contributed by atoms with Gasteiger partial charge in [0.2, 0.25) is 0 Å². The van der Waals surface area contributed by atoms with Crippen LogP contribution in [0.3, 0.4) is 0 Å². The van der Waals surface area contributed by atoms with Gasteiger partial charge in [-0.3, -0.25) is 0 Å². The van der Waals surface area contributed by atoms with Crippen LogP contribution < -0.4 is 0 Å². The maximum atomic E-state index is 10.6. The average Bonchev–Trinajstić information content (AvgIpc) is 2.70. The lowest BCUT2D eigenvalue weighted by molar-refractivity contribution is -0.115. The smallest absolute Gasteiger partial charge is 0.128 e. The molecule has 0 aliphatic heterocycles. The van der Waals surface area contributed by atoms with E-state index in [0.29, 0.717) is 12.7 Å². The van der Waals surface area contributed by atoms with Crippen LogP contribution in [0.25, 0.3) is 0 Å². The number of ether oxygens (including phenoxy) is 1. The molecule has 0 unspecified atom stereocenters. The van der Waals surface area contributed by atoms with Crippen molar-refractivity contribution >= 4 is 6.29 Å². The summed E-state index contributed by atoms with van der Waals surface area (Å²) in [4.78, 5) is 10.6. The lowest BCUT2D eigenvalue weighted by Gasteiger charge is -2.13. The molecule has 12 heavy (non-hydrogen) atoms. The van der Waals surface area contributed by atoms with E-state index in [2.05, 4.69) is 0 Å². The van der Waals surface area contributed by atoms with E-state index >= 15 is 0 Å². The number of hydrogen-bond donors (Lipinski definition) is 0. The molecule has 2 saturated carbocycles. The highest BCUT2D eigenvalue weighted by atomic mass is 16.5. The van der Waals surface area contributed by atoms with Crippen LogP contribution in [0, 0.1) is 5.41 Å². The van der Waals surface area contributed by atoms with Crippen molar-refractivity contribution in [3.05, 3.63) is 0 Å². The van der Waals surface area contributed by atoms with E-state index in [4.69, 9.17) is 4.74 Å². The number of hydrogen-bond acceptors (Lipinski definition) is 2. The molecule has 2 rings (SSSR count). The molecule has 0 amide bonds. The van der Waals surface area contributed by atoms with Crippen LogP contribution in [0.4, 0.5) is 0 Å². The zero-order valence-electron chi connectivity index (χ0n) is 7.42. The molecule has 2 aliphatic carbocycles.